The first-order chi connectivity index (χ1) is 11.6. The molecule has 3 rings (SSSR count). The van der Waals surface area contributed by atoms with Crippen LogP contribution in [0.1, 0.15) is 15.9 Å². The minimum atomic E-state index is -0.403. The number of hydrogen-bond acceptors (Lipinski definition) is 5. The molecule has 0 fully saturated rings. The second-order valence-corrected chi connectivity index (χ2v) is 5.16. The number of methoxy groups -OCH3 is 1. The molecule has 2 heterocycles. The molecule has 0 atom stereocenters. The van der Waals surface area contributed by atoms with Crippen molar-refractivity contribution in [2.24, 2.45) is 0 Å². The number of rotatable bonds is 4. The van der Waals surface area contributed by atoms with Crippen molar-refractivity contribution in [3.05, 3.63) is 70.3 Å². The number of amides is 1. The summed E-state index contributed by atoms with van der Waals surface area (Å²) in [5, 5.41) is 2.80. The molecule has 3 aromatic rings. The predicted molar refractivity (Wildman–Crippen MR) is 90.0 cm³/mol. The van der Waals surface area contributed by atoms with E-state index in [1.807, 2.05) is 24.3 Å². The topological polar surface area (TPSA) is 98.7 Å². The van der Waals surface area contributed by atoms with Crippen LogP contribution in [0.15, 0.2) is 53.6 Å². The van der Waals surface area contributed by atoms with Crippen molar-refractivity contribution in [2.45, 2.75) is 6.54 Å². The summed E-state index contributed by atoms with van der Waals surface area (Å²) in [7, 11) is 1.58. The van der Waals surface area contributed by atoms with E-state index in [-0.39, 0.29) is 11.6 Å². The fourth-order valence-electron chi connectivity index (χ4n) is 2.35. The smallest absolute Gasteiger partial charge is 0.281 e. The number of benzene rings is 1. The quantitative estimate of drug-likeness (QED) is 0.752. The highest BCUT2D eigenvalue weighted by Crippen LogP contribution is 2.16. The summed E-state index contributed by atoms with van der Waals surface area (Å²) >= 11 is 0. The van der Waals surface area contributed by atoms with Crippen molar-refractivity contribution in [2.75, 3.05) is 12.8 Å². The van der Waals surface area contributed by atoms with Gasteiger partial charge in [0.05, 0.1) is 18.9 Å². The standard InChI is InChI=1S/C17H16N4O3/c1-24-14-5-3-2-4-11(14)8-20-16(22)12-6-7-15-19-9-13(18)17(23)21(15)10-12/h2-7,9-10H,8,18H2,1H3,(H,20,22). The summed E-state index contributed by atoms with van der Waals surface area (Å²) in [6, 6.07) is 10.6. The number of nitrogen functional groups attached to an aromatic ring is 1. The third kappa shape index (κ3) is 2.91. The van der Waals surface area contributed by atoms with E-state index in [1.165, 1.54) is 16.8 Å². The third-order valence-corrected chi connectivity index (χ3v) is 3.62. The zero-order valence-corrected chi connectivity index (χ0v) is 13.0. The lowest BCUT2D eigenvalue weighted by Gasteiger charge is -2.10. The number of nitrogens with two attached hydrogens (primary N) is 1. The lowest BCUT2D eigenvalue weighted by atomic mass is 10.2. The number of ether oxygens (including phenoxy) is 1. The van der Waals surface area contributed by atoms with Crippen molar-refractivity contribution in [1.82, 2.24) is 14.7 Å². The van der Waals surface area contributed by atoms with Gasteiger partial charge in [0, 0.05) is 18.3 Å². The fourth-order valence-corrected chi connectivity index (χ4v) is 2.35. The lowest BCUT2D eigenvalue weighted by Crippen LogP contribution is -2.25. The van der Waals surface area contributed by atoms with Crippen molar-refractivity contribution >= 4 is 17.2 Å². The first-order valence-corrected chi connectivity index (χ1v) is 7.27. The van der Waals surface area contributed by atoms with Crippen LogP contribution in [0.3, 0.4) is 0 Å². The average molecular weight is 324 g/mol. The van der Waals surface area contributed by atoms with Crippen LogP contribution in [0.4, 0.5) is 5.69 Å². The van der Waals surface area contributed by atoms with E-state index in [0.29, 0.717) is 23.5 Å². The Hall–Kier alpha value is -3.35. The molecule has 0 aliphatic carbocycles. The zero-order chi connectivity index (χ0) is 17.1. The third-order valence-electron chi connectivity index (χ3n) is 3.62. The summed E-state index contributed by atoms with van der Waals surface area (Å²) in [6.07, 6.45) is 2.73. The second kappa shape index (κ2) is 6.41. The molecule has 1 amide bonds. The van der Waals surface area contributed by atoms with Crippen molar-refractivity contribution in [3.63, 3.8) is 0 Å². The zero-order valence-electron chi connectivity index (χ0n) is 13.0. The maximum atomic E-state index is 12.3. The van der Waals surface area contributed by atoms with Crippen LogP contribution in [0.25, 0.3) is 5.65 Å². The number of anilines is 1. The molecule has 0 radical (unpaired) electrons. The summed E-state index contributed by atoms with van der Waals surface area (Å²) in [6.45, 7) is 0.310. The Labute approximate surface area is 137 Å². The van der Waals surface area contributed by atoms with Crippen LogP contribution in [0.2, 0.25) is 0 Å². The number of para-hydroxylation sites is 1. The Kier molecular flexibility index (Phi) is 4.15. The van der Waals surface area contributed by atoms with Gasteiger partial charge in [0.15, 0.2) is 0 Å². The number of carbonyl (C=O) groups excluding carboxylic acids is 1. The molecule has 7 heteroatoms. The number of carbonyl (C=O) groups is 1. The SMILES string of the molecule is COc1ccccc1CNC(=O)c1ccc2ncc(N)c(=O)n2c1. The molecule has 0 saturated heterocycles. The Balaban J connectivity index is 1.84. The lowest BCUT2D eigenvalue weighted by molar-refractivity contribution is 0.0950. The summed E-state index contributed by atoms with van der Waals surface area (Å²) in [5.41, 5.74) is 6.82. The van der Waals surface area contributed by atoms with Gasteiger partial charge in [0.25, 0.3) is 11.5 Å². The highest BCUT2D eigenvalue weighted by atomic mass is 16.5. The van der Waals surface area contributed by atoms with Gasteiger partial charge >= 0.3 is 0 Å². The van der Waals surface area contributed by atoms with Crippen molar-refractivity contribution < 1.29 is 9.53 Å². The molecule has 0 aliphatic rings. The van der Waals surface area contributed by atoms with Crippen LogP contribution < -0.4 is 21.3 Å². The number of nitrogens with one attached hydrogen (secondary N) is 1. The molecular weight excluding hydrogens is 308 g/mol. The number of nitrogens with zero attached hydrogens (tertiary/aromatic N) is 2. The van der Waals surface area contributed by atoms with Gasteiger partial charge in [0.1, 0.15) is 17.1 Å². The maximum absolute atomic E-state index is 12.3. The molecule has 0 unspecified atom stereocenters. The summed E-state index contributed by atoms with van der Waals surface area (Å²) in [4.78, 5) is 28.4. The van der Waals surface area contributed by atoms with E-state index in [9.17, 15) is 9.59 Å². The van der Waals surface area contributed by atoms with Gasteiger partial charge in [0.2, 0.25) is 0 Å². The fraction of sp³-hybridized carbons (Fsp3) is 0.118. The number of fused-ring (bicyclic) bond motifs is 1. The van der Waals surface area contributed by atoms with Crippen LogP contribution in [0.5, 0.6) is 5.75 Å². The van der Waals surface area contributed by atoms with Gasteiger partial charge in [-0.25, -0.2) is 4.98 Å². The highest BCUT2D eigenvalue weighted by Gasteiger charge is 2.10. The van der Waals surface area contributed by atoms with E-state index in [4.69, 9.17) is 10.5 Å². The van der Waals surface area contributed by atoms with E-state index < -0.39 is 5.56 Å². The van der Waals surface area contributed by atoms with Gasteiger partial charge in [-0.05, 0) is 18.2 Å². The van der Waals surface area contributed by atoms with Crippen LogP contribution in [-0.4, -0.2) is 22.4 Å². The normalized spacial score (nSPS) is 10.5. The van der Waals surface area contributed by atoms with Gasteiger partial charge in [-0.15, -0.1) is 0 Å². The monoisotopic (exact) mass is 324 g/mol. The molecule has 3 N–H and O–H groups in total. The Morgan fingerprint density at radius 1 is 1.29 bits per heavy atom. The molecular formula is C17H16N4O3. The van der Waals surface area contributed by atoms with Crippen LogP contribution in [0, 0.1) is 0 Å². The molecule has 122 valence electrons. The Bertz CT molecular complexity index is 965. The highest BCUT2D eigenvalue weighted by molar-refractivity contribution is 5.94. The first kappa shape index (κ1) is 15.5. The molecule has 1 aromatic carbocycles. The minimum absolute atomic E-state index is 0.0269. The summed E-state index contributed by atoms with van der Waals surface area (Å²) < 4.78 is 6.51. The minimum Gasteiger partial charge on any atom is -0.496 e. The molecule has 0 bridgehead atoms. The number of pyridine rings is 1. The molecule has 0 spiro atoms. The maximum Gasteiger partial charge on any atom is 0.281 e. The van der Waals surface area contributed by atoms with Gasteiger partial charge in [-0.1, -0.05) is 18.2 Å². The number of aromatic nitrogens is 2. The van der Waals surface area contributed by atoms with Gasteiger partial charge in [-0.3, -0.25) is 14.0 Å². The molecule has 7 nitrogen and oxygen atoms in total. The van der Waals surface area contributed by atoms with E-state index in [2.05, 4.69) is 10.3 Å². The van der Waals surface area contributed by atoms with E-state index in [1.54, 1.807) is 19.2 Å². The van der Waals surface area contributed by atoms with Crippen molar-refractivity contribution in [3.8, 4) is 5.75 Å². The number of hydrogen-bond donors (Lipinski definition) is 2. The molecule has 0 aliphatic heterocycles. The predicted octanol–water partition coefficient (Wildman–Crippen LogP) is 1.22. The van der Waals surface area contributed by atoms with Crippen LogP contribution >= 0.6 is 0 Å². The Morgan fingerprint density at radius 2 is 2.08 bits per heavy atom. The summed E-state index contributed by atoms with van der Waals surface area (Å²) in [5.74, 6) is 0.390. The largest absolute Gasteiger partial charge is 0.496 e. The molecule has 0 saturated carbocycles. The van der Waals surface area contributed by atoms with Crippen LogP contribution in [-0.2, 0) is 6.54 Å². The van der Waals surface area contributed by atoms with Gasteiger partial charge < -0.3 is 15.8 Å². The Morgan fingerprint density at radius 3 is 2.88 bits per heavy atom. The van der Waals surface area contributed by atoms with Crippen molar-refractivity contribution in [1.29, 1.82) is 0 Å². The van der Waals surface area contributed by atoms with E-state index >= 15 is 0 Å². The first-order valence-electron chi connectivity index (χ1n) is 7.27. The second-order valence-electron chi connectivity index (χ2n) is 5.16. The molecule has 2 aromatic heterocycles. The van der Waals surface area contributed by atoms with E-state index in [0.717, 1.165) is 5.56 Å². The van der Waals surface area contributed by atoms with Gasteiger partial charge in [-0.2, -0.15) is 0 Å². The average Bonchev–Trinajstić information content (AvgIpc) is 2.62. The molecule has 24 heavy (non-hydrogen) atoms.